The Labute approximate surface area is 160 Å². The fourth-order valence-corrected chi connectivity index (χ4v) is 4.29. The third-order valence-electron chi connectivity index (χ3n) is 4.63. The Morgan fingerprint density at radius 2 is 2.22 bits per heavy atom. The molecule has 4 rings (SSSR count). The summed E-state index contributed by atoms with van der Waals surface area (Å²) in [7, 11) is 0. The van der Waals surface area contributed by atoms with E-state index >= 15 is 0 Å². The average molecular weight is 384 g/mol. The van der Waals surface area contributed by atoms with Gasteiger partial charge in [-0.15, -0.1) is 11.3 Å². The molecular formula is C18H20N6O2S. The van der Waals surface area contributed by atoms with Gasteiger partial charge in [-0.3, -0.25) is 9.78 Å². The SMILES string of the molecule is Cc1nc(C)c(C(=O)N2CCCC(Cc3noc(-c4cnccn4)n3)C2)s1. The van der Waals surface area contributed by atoms with Gasteiger partial charge >= 0.3 is 0 Å². The van der Waals surface area contributed by atoms with Crippen molar-refractivity contribution in [2.45, 2.75) is 33.1 Å². The molecule has 3 aromatic rings. The topological polar surface area (TPSA) is 97.9 Å². The minimum Gasteiger partial charge on any atom is -0.338 e. The summed E-state index contributed by atoms with van der Waals surface area (Å²) in [6.45, 7) is 5.30. The van der Waals surface area contributed by atoms with Gasteiger partial charge in [-0.25, -0.2) is 9.97 Å². The third-order valence-corrected chi connectivity index (χ3v) is 5.69. The highest BCUT2D eigenvalue weighted by molar-refractivity contribution is 7.13. The van der Waals surface area contributed by atoms with Gasteiger partial charge in [-0.2, -0.15) is 4.98 Å². The first-order valence-corrected chi connectivity index (χ1v) is 9.74. The average Bonchev–Trinajstić information content (AvgIpc) is 3.28. The normalized spacial score (nSPS) is 17.3. The number of aromatic nitrogens is 5. The maximum atomic E-state index is 12.9. The number of carbonyl (C=O) groups excluding carboxylic acids is 1. The zero-order chi connectivity index (χ0) is 18.8. The third kappa shape index (κ3) is 3.87. The number of carbonyl (C=O) groups is 1. The van der Waals surface area contributed by atoms with E-state index < -0.39 is 0 Å². The fourth-order valence-electron chi connectivity index (χ4n) is 3.40. The number of rotatable bonds is 4. The highest BCUT2D eigenvalue weighted by Crippen LogP contribution is 2.25. The zero-order valence-electron chi connectivity index (χ0n) is 15.3. The summed E-state index contributed by atoms with van der Waals surface area (Å²) in [5, 5.41) is 4.99. The van der Waals surface area contributed by atoms with Crippen molar-refractivity contribution in [1.82, 2.24) is 30.0 Å². The summed E-state index contributed by atoms with van der Waals surface area (Å²) in [5.74, 6) is 1.40. The van der Waals surface area contributed by atoms with E-state index in [4.69, 9.17) is 4.52 Å². The van der Waals surface area contributed by atoms with Gasteiger partial charge in [-0.05, 0) is 32.6 Å². The summed E-state index contributed by atoms with van der Waals surface area (Å²) in [6, 6.07) is 0. The van der Waals surface area contributed by atoms with Gasteiger partial charge in [0.25, 0.3) is 11.8 Å². The van der Waals surface area contributed by atoms with Crippen LogP contribution in [0.15, 0.2) is 23.1 Å². The van der Waals surface area contributed by atoms with Crippen LogP contribution in [0.2, 0.25) is 0 Å². The Morgan fingerprint density at radius 1 is 1.33 bits per heavy atom. The van der Waals surface area contributed by atoms with Gasteiger partial charge in [0.15, 0.2) is 5.82 Å². The first kappa shape index (κ1) is 17.7. The number of piperidine rings is 1. The monoisotopic (exact) mass is 384 g/mol. The molecule has 1 atom stereocenters. The fraction of sp³-hybridized carbons (Fsp3) is 0.444. The molecule has 0 spiro atoms. The van der Waals surface area contributed by atoms with Gasteiger partial charge in [0.05, 0.1) is 16.9 Å². The number of likely N-dealkylation sites (tertiary alicyclic amines) is 1. The lowest BCUT2D eigenvalue weighted by Gasteiger charge is -2.32. The van der Waals surface area contributed by atoms with Gasteiger partial charge in [0.1, 0.15) is 10.6 Å². The van der Waals surface area contributed by atoms with E-state index in [-0.39, 0.29) is 5.91 Å². The standard InChI is InChI=1S/C18H20N6O2S/c1-11-16(27-12(2)21-11)18(25)24-7-3-4-13(10-24)8-15-22-17(26-23-15)14-9-19-5-6-20-14/h5-6,9,13H,3-4,7-8,10H2,1-2H3. The molecule has 3 aromatic heterocycles. The van der Waals surface area contributed by atoms with E-state index in [1.54, 1.807) is 18.6 Å². The van der Waals surface area contributed by atoms with Gasteiger partial charge in [-0.1, -0.05) is 5.16 Å². The molecule has 4 heterocycles. The van der Waals surface area contributed by atoms with E-state index in [9.17, 15) is 4.79 Å². The molecule has 8 nitrogen and oxygen atoms in total. The molecule has 0 aliphatic carbocycles. The first-order chi connectivity index (χ1) is 13.1. The highest BCUT2D eigenvalue weighted by Gasteiger charge is 2.28. The molecule has 1 saturated heterocycles. The Hall–Kier alpha value is -2.68. The smallest absolute Gasteiger partial charge is 0.278 e. The van der Waals surface area contributed by atoms with Crippen LogP contribution in [0.1, 0.15) is 39.0 Å². The van der Waals surface area contributed by atoms with Crippen molar-refractivity contribution in [3.8, 4) is 11.6 Å². The number of hydrogen-bond acceptors (Lipinski definition) is 8. The maximum absolute atomic E-state index is 12.9. The van der Waals surface area contributed by atoms with Crippen LogP contribution in [0.5, 0.6) is 0 Å². The quantitative estimate of drug-likeness (QED) is 0.682. The van der Waals surface area contributed by atoms with E-state index in [0.29, 0.717) is 36.3 Å². The van der Waals surface area contributed by atoms with Crippen LogP contribution in [-0.4, -0.2) is 49.0 Å². The van der Waals surface area contributed by atoms with Gasteiger partial charge in [0, 0.05) is 31.9 Å². The minimum absolute atomic E-state index is 0.0798. The summed E-state index contributed by atoms with van der Waals surface area (Å²) in [4.78, 5) is 32.5. The van der Waals surface area contributed by atoms with Crippen molar-refractivity contribution in [2.24, 2.45) is 5.92 Å². The molecule has 0 bridgehead atoms. The van der Waals surface area contributed by atoms with Crippen LogP contribution in [0.25, 0.3) is 11.6 Å². The van der Waals surface area contributed by atoms with Gasteiger partial charge in [0.2, 0.25) is 0 Å². The number of hydrogen-bond donors (Lipinski definition) is 0. The number of nitrogens with zero attached hydrogens (tertiary/aromatic N) is 6. The van der Waals surface area contributed by atoms with E-state index in [0.717, 1.165) is 35.0 Å². The van der Waals surface area contributed by atoms with Crippen LogP contribution < -0.4 is 0 Å². The van der Waals surface area contributed by atoms with Crippen LogP contribution in [0.3, 0.4) is 0 Å². The molecule has 0 saturated carbocycles. The Bertz CT molecular complexity index is 938. The number of amides is 1. The largest absolute Gasteiger partial charge is 0.338 e. The molecule has 1 aliphatic rings. The number of thiazole rings is 1. The molecule has 1 fully saturated rings. The summed E-state index contributed by atoms with van der Waals surface area (Å²) in [6.07, 6.45) is 7.47. The first-order valence-electron chi connectivity index (χ1n) is 8.92. The van der Waals surface area contributed by atoms with E-state index in [2.05, 4.69) is 25.1 Å². The molecule has 9 heteroatoms. The Balaban J connectivity index is 1.42. The Morgan fingerprint density at radius 3 is 2.96 bits per heavy atom. The predicted octanol–water partition coefficient (Wildman–Crippen LogP) is 2.69. The van der Waals surface area contributed by atoms with E-state index in [1.807, 2.05) is 18.7 Å². The van der Waals surface area contributed by atoms with Crippen LogP contribution in [-0.2, 0) is 6.42 Å². The van der Waals surface area contributed by atoms with Crippen molar-refractivity contribution in [2.75, 3.05) is 13.1 Å². The molecule has 1 unspecified atom stereocenters. The molecule has 27 heavy (non-hydrogen) atoms. The summed E-state index contributed by atoms with van der Waals surface area (Å²) >= 11 is 1.47. The van der Waals surface area contributed by atoms with Crippen LogP contribution in [0.4, 0.5) is 0 Å². The zero-order valence-corrected chi connectivity index (χ0v) is 16.1. The Kier molecular flexibility index (Phi) is 4.93. The number of aryl methyl sites for hydroxylation is 2. The second-order valence-electron chi connectivity index (χ2n) is 6.72. The lowest BCUT2D eigenvalue weighted by atomic mass is 9.94. The molecule has 1 amide bonds. The molecule has 0 radical (unpaired) electrons. The molecule has 0 aromatic carbocycles. The van der Waals surface area contributed by atoms with Crippen LogP contribution in [0, 0.1) is 19.8 Å². The predicted molar refractivity (Wildman–Crippen MR) is 99.2 cm³/mol. The second-order valence-corrected chi connectivity index (χ2v) is 7.92. The lowest BCUT2D eigenvalue weighted by molar-refractivity contribution is 0.0676. The van der Waals surface area contributed by atoms with Crippen molar-refractivity contribution < 1.29 is 9.32 Å². The molecular weight excluding hydrogens is 364 g/mol. The van der Waals surface area contributed by atoms with Gasteiger partial charge < -0.3 is 9.42 Å². The molecule has 0 N–H and O–H groups in total. The molecule has 140 valence electrons. The second kappa shape index (κ2) is 7.51. The van der Waals surface area contributed by atoms with Crippen molar-refractivity contribution in [3.05, 3.63) is 40.0 Å². The van der Waals surface area contributed by atoms with Crippen LogP contribution >= 0.6 is 11.3 Å². The van der Waals surface area contributed by atoms with E-state index in [1.165, 1.54) is 11.3 Å². The highest BCUT2D eigenvalue weighted by atomic mass is 32.1. The van der Waals surface area contributed by atoms with Crippen molar-refractivity contribution in [3.63, 3.8) is 0 Å². The maximum Gasteiger partial charge on any atom is 0.278 e. The van der Waals surface area contributed by atoms with Crippen molar-refractivity contribution >= 4 is 17.2 Å². The minimum atomic E-state index is 0.0798. The lowest BCUT2D eigenvalue weighted by Crippen LogP contribution is -2.40. The molecule has 1 aliphatic heterocycles. The van der Waals surface area contributed by atoms with Crippen molar-refractivity contribution in [1.29, 1.82) is 0 Å². The summed E-state index contributed by atoms with van der Waals surface area (Å²) in [5.41, 5.74) is 1.38. The summed E-state index contributed by atoms with van der Waals surface area (Å²) < 4.78 is 5.30.